The standard InChI is InChI=1S/C19H24O/c1-16(2)8-6-11-18(19-12-7-15-20-19)14-13-17-9-4-3-5-10-17/h3-5,7-10,12,15,18H,6,11,13-14H2,1-2H3. The van der Waals surface area contributed by atoms with Crippen LogP contribution in [0.25, 0.3) is 0 Å². The first-order valence-electron chi connectivity index (χ1n) is 7.46. The first-order valence-corrected chi connectivity index (χ1v) is 7.46. The molecule has 20 heavy (non-hydrogen) atoms. The highest BCUT2D eigenvalue weighted by atomic mass is 16.3. The van der Waals surface area contributed by atoms with Gasteiger partial charge in [0.25, 0.3) is 0 Å². The van der Waals surface area contributed by atoms with Crippen LogP contribution in [0.1, 0.15) is 50.4 Å². The summed E-state index contributed by atoms with van der Waals surface area (Å²) in [6.07, 6.45) is 8.65. The summed E-state index contributed by atoms with van der Waals surface area (Å²) in [6.45, 7) is 4.32. The molecule has 2 rings (SSSR count). The second-order valence-corrected chi connectivity index (χ2v) is 5.60. The minimum atomic E-state index is 0.515. The third kappa shape index (κ3) is 4.73. The van der Waals surface area contributed by atoms with Gasteiger partial charge in [-0.3, -0.25) is 0 Å². The third-order valence-corrected chi connectivity index (χ3v) is 3.64. The second kappa shape index (κ2) is 7.74. The number of furan rings is 1. The van der Waals surface area contributed by atoms with Crippen LogP contribution in [0.4, 0.5) is 0 Å². The molecule has 1 aromatic carbocycles. The molecule has 1 atom stereocenters. The van der Waals surface area contributed by atoms with Gasteiger partial charge in [-0.25, -0.2) is 0 Å². The molecule has 0 aliphatic carbocycles. The van der Waals surface area contributed by atoms with E-state index in [1.165, 1.54) is 11.1 Å². The Balaban J connectivity index is 1.94. The maximum Gasteiger partial charge on any atom is 0.106 e. The molecule has 0 radical (unpaired) electrons. The Morgan fingerprint density at radius 3 is 2.50 bits per heavy atom. The molecule has 1 heteroatoms. The molecule has 1 heterocycles. The summed E-state index contributed by atoms with van der Waals surface area (Å²) in [5.74, 6) is 1.64. The molecule has 1 nitrogen and oxygen atoms in total. The van der Waals surface area contributed by atoms with Crippen LogP contribution in [-0.4, -0.2) is 0 Å². The Labute approximate surface area is 122 Å². The Hall–Kier alpha value is -1.76. The molecule has 0 bridgehead atoms. The van der Waals surface area contributed by atoms with Gasteiger partial charge in [-0.2, -0.15) is 0 Å². The van der Waals surface area contributed by atoms with E-state index in [9.17, 15) is 0 Å². The van der Waals surface area contributed by atoms with Crippen LogP contribution in [-0.2, 0) is 6.42 Å². The zero-order chi connectivity index (χ0) is 14.2. The first kappa shape index (κ1) is 14.6. The highest BCUT2D eigenvalue weighted by molar-refractivity contribution is 5.16. The number of allylic oxidation sites excluding steroid dienone is 2. The lowest BCUT2D eigenvalue weighted by atomic mass is 9.92. The lowest BCUT2D eigenvalue weighted by Crippen LogP contribution is -2.00. The molecule has 0 saturated carbocycles. The fourth-order valence-electron chi connectivity index (χ4n) is 2.51. The van der Waals surface area contributed by atoms with Crippen molar-refractivity contribution in [2.24, 2.45) is 0 Å². The molecular weight excluding hydrogens is 244 g/mol. The normalized spacial score (nSPS) is 12.1. The van der Waals surface area contributed by atoms with Gasteiger partial charge in [0.2, 0.25) is 0 Å². The average Bonchev–Trinajstić information content (AvgIpc) is 2.97. The SMILES string of the molecule is CC(C)=CCCC(CCc1ccccc1)c1ccco1. The molecule has 2 aromatic rings. The van der Waals surface area contributed by atoms with Crippen molar-refractivity contribution in [2.75, 3.05) is 0 Å². The van der Waals surface area contributed by atoms with Gasteiger partial charge in [0, 0.05) is 5.92 Å². The molecule has 0 N–H and O–H groups in total. The van der Waals surface area contributed by atoms with Gasteiger partial charge in [0.15, 0.2) is 0 Å². The zero-order valence-electron chi connectivity index (χ0n) is 12.5. The van der Waals surface area contributed by atoms with Gasteiger partial charge in [-0.15, -0.1) is 0 Å². The summed E-state index contributed by atoms with van der Waals surface area (Å²) in [6, 6.07) is 14.8. The van der Waals surface area contributed by atoms with E-state index in [0.717, 1.165) is 31.4 Å². The summed E-state index contributed by atoms with van der Waals surface area (Å²) < 4.78 is 5.62. The van der Waals surface area contributed by atoms with E-state index in [1.54, 1.807) is 6.26 Å². The van der Waals surface area contributed by atoms with E-state index < -0.39 is 0 Å². The van der Waals surface area contributed by atoms with Crippen molar-refractivity contribution in [1.82, 2.24) is 0 Å². The molecule has 0 aliphatic rings. The van der Waals surface area contributed by atoms with Crippen molar-refractivity contribution in [3.05, 3.63) is 71.7 Å². The fraction of sp³-hybridized carbons (Fsp3) is 0.368. The van der Waals surface area contributed by atoms with Crippen molar-refractivity contribution < 1.29 is 4.42 Å². The van der Waals surface area contributed by atoms with Crippen LogP contribution >= 0.6 is 0 Å². The van der Waals surface area contributed by atoms with Gasteiger partial charge >= 0.3 is 0 Å². The molecule has 0 spiro atoms. The van der Waals surface area contributed by atoms with Gasteiger partial charge in [-0.05, 0) is 57.2 Å². The van der Waals surface area contributed by atoms with Crippen molar-refractivity contribution >= 4 is 0 Å². The minimum absolute atomic E-state index is 0.515. The van der Waals surface area contributed by atoms with E-state index in [2.05, 4.69) is 56.3 Å². The smallest absolute Gasteiger partial charge is 0.106 e. The summed E-state index contributed by atoms with van der Waals surface area (Å²) in [5.41, 5.74) is 2.80. The average molecular weight is 268 g/mol. The zero-order valence-corrected chi connectivity index (χ0v) is 12.5. The number of hydrogen-bond donors (Lipinski definition) is 0. The monoisotopic (exact) mass is 268 g/mol. The van der Waals surface area contributed by atoms with Gasteiger partial charge < -0.3 is 4.42 Å². The van der Waals surface area contributed by atoms with Crippen LogP contribution in [0.5, 0.6) is 0 Å². The van der Waals surface area contributed by atoms with Crippen LogP contribution < -0.4 is 0 Å². The summed E-state index contributed by atoms with van der Waals surface area (Å²) in [4.78, 5) is 0. The van der Waals surface area contributed by atoms with Crippen molar-refractivity contribution in [3.8, 4) is 0 Å². The van der Waals surface area contributed by atoms with Gasteiger partial charge in [0.05, 0.1) is 6.26 Å². The van der Waals surface area contributed by atoms with Crippen molar-refractivity contribution in [2.45, 2.75) is 45.4 Å². The van der Waals surface area contributed by atoms with E-state index in [-0.39, 0.29) is 0 Å². The molecule has 0 aliphatic heterocycles. The topological polar surface area (TPSA) is 13.1 Å². The molecule has 106 valence electrons. The first-order chi connectivity index (χ1) is 9.75. The number of rotatable bonds is 7. The maximum absolute atomic E-state index is 5.62. The Kier molecular flexibility index (Phi) is 5.67. The predicted molar refractivity (Wildman–Crippen MR) is 84.9 cm³/mol. The lowest BCUT2D eigenvalue weighted by molar-refractivity contribution is 0.432. The van der Waals surface area contributed by atoms with Gasteiger partial charge in [-0.1, -0.05) is 42.0 Å². The molecule has 0 saturated heterocycles. The van der Waals surface area contributed by atoms with E-state index >= 15 is 0 Å². The maximum atomic E-state index is 5.62. The second-order valence-electron chi connectivity index (χ2n) is 5.60. The Morgan fingerprint density at radius 1 is 1.05 bits per heavy atom. The van der Waals surface area contributed by atoms with Crippen molar-refractivity contribution in [3.63, 3.8) is 0 Å². The fourth-order valence-corrected chi connectivity index (χ4v) is 2.51. The summed E-state index contributed by atoms with van der Waals surface area (Å²) >= 11 is 0. The predicted octanol–water partition coefficient (Wildman–Crippen LogP) is 5.74. The number of aryl methyl sites for hydroxylation is 1. The largest absolute Gasteiger partial charge is 0.469 e. The van der Waals surface area contributed by atoms with Gasteiger partial charge in [0.1, 0.15) is 5.76 Å². The Morgan fingerprint density at radius 2 is 1.85 bits per heavy atom. The van der Waals surface area contributed by atoms with E-state index in [0.29, 0.717) is 5.92 Å². The van der Waals surface area contributed by atoms with Crippen LogP contribution in [0.3, 0.4) is 0 Å². The van der Waals surface area contributed by atoms with Crippen molar-refractivity contribution in [1.29, 1.82) is 0 Å². The van der Waals surface area contributed by atoms with Crippen LogP contribution in [0.15, 0.2) is 64.8 Å². The van der Waals surface area contributed by atoms with E-state index in [4.69, 9.17) is 4.42 Å². The molecule has 1 aromatic heterocycles. The molecular formula is C19H24O. The van der Waals surface area contributed by atoms with Crippen LogP contribution in [0.2, 0.25) is 0 Å². The summed E-state index contributed by atoms with van der Waals surface area (Å²) in [7, 11) is 0. The highest BCUT2D eigenvalue weighted by Gasteiger charge is 2.13. The Bertz CT molecular complexity index is 504. The molecule has 0 amide bonds. The lowest BCUT2D eigenvalue weighted by Gasteiger charge is -2.13. The summed E-state index contributed by atoms with van der Waals surface area (Å²) in [5, 5.41) is 0. The molecule has 0 fully saturated rings. The quantitative estimate of drug-likeness (QED) is 0.583. The number of hydrogen-bond acceptors (Lipinski definition) is 1. The highest BCUT2D eigenvalue weighted by Crippen LogP contribution is 2.27. The number of benzene rings is 1. The molecule has 1 unspecified atom stereocenters. The van der Waals surface area contributed by atoms with E-state index in [1.807, 2.05) is 6.07 Å². The minimum Gasteiger partial charge on any atom is -0.469 e. The van der Waals surface area contributed by atoms with Crippen LogP contribution in [0, 0.1) is 0 Å². The third-order valence-electron chi connectivity index (χ3n) is 3.64.